The minimum Gasteiger partial charge on any atom is -0.376 e. The van der Waals surface area contributed by atoms with Crippen LogP contribution in [0.2, 0.25) is 0 Å². The first-order valence-corrected chi connectivity index (χ1v) is 8.51. The lowest BCUT2D eigenvalue weighted by Gasteiger charge is -2.26. The first-order chi connectivity index (χ1) is 12.1. The maximum absolute atomic E-state index is 13.0. The molecule has 1 aliphatic rings. The van der Waals surface area contributed by atoms with Crippen molar-refractivity contribution in [2.45, 2.75) is 18.9 Å². The van der Waals surface area contributed by atoms with Crippen molar-refractivity contribution in [2.75, 3.05) is 40.3 Å². The summed E-state index contributed by atoms with van der Waals surface area (Å²) in [6.45, 7) is 2.82. The number of amides is 1. The van der Waals surface area contributed by atoms with Gasteiger partial charge >= 0.3 is 0 Å². The van der Waals surface area contributed by atoms with Gasteiger partial charge in [0.05, 0.1) is 6.10 Å². The molecule has 1 atom stereocenters. The number of carbonyl (C=O) groups is 1. The maximum atomic E-state index is 13.0. The van der Waals surface area contributed by atoms with Crippen molar-refractivity contribution in [1.82, 2.24) is 29.5 Å². The van der Waals surface area contributed by atoms with Crippen LogP contribution in [0.25, 0.3) is 5.82 Å². The highest BCUT2D eigenvalue weighted by atomic mass is 16.5. The lowest BCUT2D eigenvalue weighted by Crippen LogP contribution is -2.41. The molecule has 0 spiro atoms. The molecule has 0 saturated carbocycles. The molecule has 8 heteroatoms. The average molecular weight is 344 g/mol. The van der Waals surface area contributed by atoms with E-state index in [9.17, 15) is 4.79 Å². The predicted octanol–water partition coefficient (Wildman–Crippen LogP) is 0.845. The van der Waals surface area contributed by atoms with Gasteiger partial charge in [0.2, 0.25) is 0 Å². The number of ether oxygens (including phenoxy) is 1. The number of likely N-dealkylation sites (N-methyl/N-ethyl adjacent to an activating group) is 1. The number of hydrogen-bond donors (Lipinski definition) is 0. The Hall–Kier alpha value is -2.32. The summed E-state index contributed by atoms with van der Waals surface area (Å²) in [4.78, 5) is 21.4. The van der Waals surface area contributed by atoms with Crippen LogP contribution in [-0.2, 0) is 4.74 Å². The van der Waals surface area contributed by atoms with Crippen molar-refractivity contribution >= 4 is 5.91 Å². The SMILES string of the molecule is CN(C)CCN(C[C@H]1CCCO1)C(=O)c1cccc(-n2cnnc2)n1. The largest absolute Gasteiger partial charge is 0.376 e. The number of carbonyl (C=O) groups excluding carboxylic acids is 1. The fourth-order valence-electron chi connectivity index (χ4n) is 2.80. The molecule has 25 heavy (non-hydrogen) atoms. The molecule has 2 aromatic rings. The van der Waals surface area contributed by atoms with Gasteiger partial charge in [0.25, 0.3) is 5.91 Å². The third-order valence-electron chi connectivity index (χ3n) is 4.19. The minimum absolute atomic E-state index is 0.0766. The Bertz CT molecular complexity index is 682. The van der Waals surface area contributed by atoms with Gasteiger partial charge in [-0.1, -0.05) is 6.07 Å². The molecule has 1 amide bonds. The molecule has 0 aromatic carbocycles. The maximum Gasteiger partial charge on any atom is 0.272 e. The summed E-state index contributed by atoms with van der Waals surface area (Å²) in [7, 11) is 4.00. The van der Waals surface area contributed by atoms with Crippen molar-refractivity contribution in [3.05, 3.63) is 36.5 Å². The molecule has 0 bridgehead atoms. The Kier molecular flexibility index (Phi) is 5.72. The van der Waals surface area contributed by atoms with Crippen LogP contribution < -0.4 is 0 Å². The summed E-state index contributed by atoms with van der Waals surface area (Å²) in [5, 5.41) is 7.56. The van der Waals surface area contributed by atoms with E-state index in [0.717, 1.165) is 26.0 Å². The second kappa shape index (κ2) is 8.17. The number of hydrogen-bond acceptors (Lipinski definition) is 6. The fraction of sp³-hybridized carbons (Fsp3) is 0.529. The topological polar surface area (TPSA) is 76.4 Å². The summed E-state index contributed by atoms with van der Waals surface area (Å²) in [5.41, 5.74) is 0.419. The Balaban J connectivity index is 1.77. The summed E-state index contributed by atoms with van der Waals surface area (Å²) in [6, 6.07) is 5.39. The van der Waals surface area contributed by atoms with Gasteiger partial charge in [0.1, 0.15) is 24.2 Å². The van der Waals surface area contributed by atoms with Crippen LogP contribution in [0.1, 0.15) is 23.3 Å². The highest BCUT2D eigenvalue weighted by Crippen LogP contribution is 2.15. The van der Waals surface area contributed by atoms with E-state index in [1.54, 1.807) is 23.3 Å². The Morgan fingerprint density at radius 3 is 2.76 bits per heavy atom. The third-order valence-corrected chi connectivity index (χ3v) is 4.19. The highest BCUT2D eigenvalue weighted by molar-refractivity contribution is 5.92. The Morgan fingerprint density at radius 1 is 1.28 bits per heavy atom. The van der Waals surface area contributed by atoms with E-state index in [2.05, 4.69) is 20.1 Å². The predicted molar refractivity (Wildman–Crippen MR) is 92.6 cm³/mol. The summed E-state index contributed by atoms with van der Waals surface area (Å²) < 4.78 is 7.39. The van der Waals surface area contributed by atoms with Crippen LogP contribution in [0.4, 0.5) is 0 Å². The zero-order valence-electron chi connectivity index (χ0n) is 14.7. The van der Waals surface area contributed by atoms with Crippen LogP contribution in [0.5, 0.6) is 0 Å². The van der Waals surface area contributed by atoms with E-state index < -0.39 is 0 Å². The highest BCUT2D eigenvalue weighted by Gasteiger charge is 2.24. The Morgan fingerprint density at radius 2 is 2.08 bits per heavy atom. The van der Waals surface area contributed by atoms with Crippen molar-refractivity contribution in [2.24, 2.45) is 0 Å². The number of aromatic nitrogens is 4. The lowest BCUT2D eigenvalue weighted by atomic mass is 10.2. The molecule has 0 unspecified atom stereocenters. The third kappa shape index (κ3) is 4.61. The van der Waals surface area contributed by atoms with Crippen LogP contribution in [-0.4, -0.2) is 81.9 Å². The fourth-order valence-corrected chi connectivity index (χ4v) is 2.80. The van der Waals surface area contributed by atoms with Crippen LogP contribution in [0.3, 0.4) is 0 Å². The van der Waals surface area contributed by atoms with Gasteiger partial charge in [0.15, 0.2) is 0 Å². The smallest absolute Gasteiger partial charge is 0.272 e. The zero-order valence-corrected chi connectivity index (χ0v) is 14.7. The molecule has 134 valence electrons. The summed E-state index contributed by atoms with van der Waals surface area (Å²) in [5.74, 6) is 0.549. The van der Waals surface area contributed by atoms with Gasteiger partial charge < -0.3 is 14.5 Å². The second-order valence-corrected chi connectivity index (χ2v) is 6.44. The first kappa shape index (κ1) is 17.5. The summed E-state index contributed by atoms with van der Waals surface area (Å²) in [6.07, 6.45) is 5.30. The van der Waals surface area contributed by atoms with Crippen molar-refractivity contribution < 1.29 is 9.53 Å². The van der Waals surface area contributed by atoms with E-state index in [0.29, 0.717) is 24.6 Å². The van der Waals surface area contributed by atoms with Gasteiger partial charge in [-0.05, 0) is 39.1 Å². The average Bonchev–Trinajstić information content (AvgIpc) is 3.31. The van der Waals surface area contributed by atoms with E-state index >= 15 is 0 Å². The molecule has 0 N–H and O–H groups in total. The number of pyridine rings is 1. The van der Waals surface area contributed by atoms with E-state index in [4.69, 9.17) is 4.74 Å². The van der Waals surface area contributed by atoms with Crippen LogP contribution in [0.15, 0.2) is 30.9 Å². The van der Waals surface area contributed by atoms with Gasteiger partial charge in [-0.15, -0.1) is 10.2 Å². The molecular formula is C17H24N6O2. The van der Waals surface area contributed by atoms with E-state index in [1.807, 2.05) is 31.1 Å². The van der Waals surface area contributed by atoms with Gasteiger partial charge in [-0.25, -0.2) is 4.98 Å². The van der Waals surface area contributed by atoms with Gasteiger partial charge in [0, 0.05) is 26.2 Å². The molecule has 0 radical (unpaired) electrons. The normalized spacial score (nSPS) is 17.2. The molecule has 3 heterocycles. The van der Waals surface area contributed by atoms with Crippen LogP contribution in [0, 0.1) is 0 Å². The number of rotatable bonds is 7. The standard InChI is InChI=1S/C17H24N6O2/c1-21(2)8-9-22(11-14-5-4-10-25-14)17(24)15-6-3-7-16(20-15)23-12-18-19-13-23/h3,6-7,12-14H,4-5,8-11H2,1-2H3/t14-/m1/s1. The zero-order chi connectivity index (χ0) is 17.6. The minimum atomic E-state index is -0.0766. The van der Waals surface area contributed by atoms with E-state index in [-0.39, 0.29) is 12.0 Å². The molecule has 3 rings (SSSR count). The quantitative estimate of drug-likeness (QED) is 0.741. The monoisotopic (exact) mass is 344 g/mol. The molecule has 8 nitrogen and oxygen atoms in total. The molecule has 0 aliphatic carbocycles. The van der Waals surface area contributed by atoms with E-state index in [1.165, 1.54) is 0 Å². The number of nitrogens with zero attached hydrogens (tertiary/aromatic N) is 6. The van der Waals surface area contributed by atoms with Crippen molar-refractivity contribution in [3.8, 4) is 5.82 Å². The molecule has 2 aromatic heterocycles. The molecule has 1 fully saturated rings. The lowest BCUT2D eigenvalue weighted by molar-refractivity contribution is 0.0508. The molecular weight excluding hydrogens is 320 g/mol. The van der Waals surface area contributed by atoms with Crippen molar-refractivity contribution in [3.63, 3.8) is 0 Å². The Labute approximate surface area is 147 Å². The molecule has 1 saturated heterocycles. The van der Waals surface area contributed by atoms with Crippen LogP contribution >= 0.6 is 0 Å². The molecule has 1 aliphatic heterocycles. The second-order valence-electron chi connectivity index (χ2n) is 6.44. The first-order valence-electron chi connectivity index (χ1n) is 8.51. The van der Waals surface area contributed by atoms with Crippen molar-refractivity contribution in [1.29, 1.82) is 0 Å². The van der Waals surface area contributed by atoms with Gasteiger partial charge in [-0.2, -0.15) is 0 Å². The summed E-state index contributed by atoms with van der Waals surface area (Å²) >= 11 is 0. The van der Waals surface area contributed by atoms with Gasteiger partial charge in [-0.3, -0.25) is 9.36 Å².